The van der Waals surface area contributed by atoms with Crippen LogP contribution in [0.3, 0.4) is 0 Å². The highest BCUT2D eigenvalue weighted by Gasteiger charge is 2.13. The number of nitrogens with zero attached hydrogens (tertiary/aromatic N) is 1. The molecule has 4 N–H and O–H groups in total. The van der Waals surface area contributed by atoms with Gasteiger partial charge in [-0.1, -0.05) is 12.1 Å². The van der Waals surface area contributed by atoms with Crippen LogP contribution in [0, 0.1) is 0 Å². The predicted molar refractivity (Wildman–Crippen MR) is 112 cm³/mol. The van der Waals surface area contributed by atoms with Gasteiger partial charge in [0.25, 0.3) is 5.91 Å². The molecule has 0 atom stereocenters. The molecule has 7 heteroatoms. The molecule has 0 saturated carbocycles. The van der Waals surface area contributed by atoms with Crippen LogP contribution < -0.4 is 21.1 Å². The van der Waals surface area contributed by atoms with Gasteiger partial charge in [0, 0.05) is 17.6 Å². The fourth-order valence-corrected chi connectivity index (χ4v) is 2.73. The fraction of sp³-hybridized carbons (Fsp3) is 0.136. The SMILES string of the molecule is CCOc1ccc(Nc2ncccc2C(=O)Nc2ccc(CC(N)=O)cc2)cc1. The summed E-state index contributed by atoms with van der Waals surface area (Å²) in [7, 11) is 0. The summed E-state index contributed by atoms with van der Waals surface area (Å²) < 4.78 is 5.44. The van der Waals surface area contributed by atoms with Crippen LogP contribution in [0.25, 0.3) is 0 Å². The molecule has 3 aromatic rings. The Kier molecular flexibility index (Phi) is 6.42. The summed E-state index contributed by atoms with van der Waals surface area (Å²) in [6.07, 6.45) is 1.78. The van der Waals surface area contributed by atoms with E-state index in [-0.39, 0.29) is 12.3 Å². The zero-order valence-electron chi connectivity index (χ0n) is 16.0. The Bertz CT molecular complexity index is 986. The van der Waals surface area contributed by atoms with Crippen LogP contribution in [-0.4, -0.2) is 23.4 Å². The minimum atomic E-state index is -0.401. The molecule has 0 radical (unpaired) electrons. The van der Waals surface area contributed by atoms with E-state index in [0.29, 0.717) is 23.7 Å². The number of ether oxygens (including phenoxy) is 1. The number of carbonyl (C=O) groups excluding carboxylic acids is 2. The number of nitrogens with one attached hydrogen (secondary N) is 2. The third-order valence-electron chi connectivity index (χ3n) is 4.07. The lowest BCUT2D eigenvalue weighted by atomic mass is 10.1. The summed E-state index contributed by atoms with van der Waals surface area (Å²) in [5.74, 6) is 0.521. The summed E-state index contributed by atoms with van der Waals surface area (Å²) in [6, 6.07) is 17.8. The minimum Gasteiger partial charge on any atom is -0.494 e. The number of pyridine rings is 1. The maximum absolute atomic E-state index is 12.7. The normalized spacial score (nSPS) is 10.2. The van der Waals surface area contributed by atoms with Gasteiger partial charge < -0.3 is 21.1 Å². The van der Waals surface area contributed by atoms with Crippen molar-refractivity contribution < 1.29 is 14.3 Å². The van der Waals surface area contributed by atoms with E-state index in [1.165, 1.54) is 0 Å². The topological polar surface area (TPSA) is 106 Å². The van der Waals surface area contributed by atoms with Gasteiger partial charge in [-0.2, -0.15) is 0 Å². The second kappa shape index (κ2) is 9.36. The molecule has 148 valence electrons. The molecular weight excluding hydrogens is 368 g/mol. The maximum Gasteiger partial charge on any atom is 0.259 e. The van der Waals surface area contributed by atoms with E-state index in [2.05, 4.69) is 15.6 Å². The van der Waals surface area contributed by atoms with Gasteiger partial charge in [0.2, 0.25) is 5.91 Å². The number of rotatable bonds is 8. The molecule has 1 heterocycles. The first kappa shape index (κ1) is 19.9. The van der Waals surface area contributed by atoms with Crippen molar-refractivity contribution in [3.8, 4) is 5.75 Å². The van der Waals surface area contributed by atoms with Crippen molar-refractivity contribution in [2.24, 2.45) is 5.73 Å². The molecule has 0 aliphatic heterocycles. The summed E-state index contributed by atoms with van der Waals surface area (Å²) >= 11 is 0. The van der Waals surface area contributed by atoms with Crippen LogP contribution >= 0.6 is 0 Å². The number of nitrogens with two attached hydrogens (primary N) is 1. The Hall–Kier alpha value is -3.87. The number of benzene rings is 2. The molecule has 0 bridgehead atoms. The number of hydrogen-bond donors (Lipinski definition) is 3. The average Bonchev–Trinajstić information content (AvgIpc) is 2.71. The number of anilines is 3. The van der Waals surface area contributed by atoms with E-state index in [0.717, 1.165) is 17.0 Å². The van der Waals surface area contributed by atoms with Gasteiger partial charge >= 0.3 is 0 Å². The number of carbonyl (C=O) groups is 2. The van der Waals surface area contributed by atoms with E-state index < -0.39 is 5.91 Å². The summed E-state index contributed by atoms with van der Waals surface area (Å²) in [5.41, 5.74) is 7.78. The zero-order valence-corrected chi connectivity index (χ0v) is 16.0. The van der Waals surface area contributed by atoms with Crippen LogP contribution in [-0.2, 0) is 11.2 Å². The zero-order chi connectivity index (χ0) is 20.6. The molecule has 0 fully saturated rings. The highest BCUT2D eigenvalue weighted by Crippen LogP contribution is 2.22. The molecule has 0 aliphatic rings. The Balaban J connectivity index is 1.72. The van der Waals surface area contributed by atoms with Crippen molar-refractivity contribution in [1.82, 2.24) is 4.98 Å². The average molecular weight is 390 g/mol. The molecule has 0 saturated heterocycles. The molecular formula is C22H22N4O3. The summed E-state index contributed by atoms with van der Waals surface area (Å²) in [6.45, 7) is 2.52. The first-order chi connectivity index (χ1) is 14.0. The van der Waals surface area contributed by atoms with Gasteiger partial charge in [-0.3, -0.25) is 9.59 Å². The second-order valence-electron chi connectivity index (χ2n) is 6.28. The maximum atomic E-state index is 12.7. The number of hydrogen-bond acceptors (Lipinski definition) is 5. The largest absolute Gasteiger partial charge is 0.494 e. The lowest BCUT2D eigenvalue weighted by Gasteiger charge is -2.12. The van der Waals surface area contributed by atoms with Gasteiger partial charge in [0.1, 0.15) is 11.6 Å². The summed E-state index contributed by atoms with van der Waals surface area (Å²) in [5, 5.41) is 6.00. The third kappa shape index (κ3) is 5.55. The smallest absolute Gasteiger partial charge is 0.259 e. The number of amides is 2. The molecule has 0 spiro atoms. The van der Waals surface area contributed by atoms with E-state index in [1.807, 2.05) is 31.2 Å². The molecule has 2 aromatic carbocycles. The van der Waals surface area contributed by atoms with Gasteiger partial charge in [0.05, 0.1) is 18.6 Å². The lowest BCUT2D eigenvalue weighted by Crippen LogP contribution is -2.15. The monoisotopic (exact) mass is 390 g/mol. The van der Waals surface area contributed by atoms with E-state index >= 15 is 0 Å². The quantitative estimate of drug-likeness (QED) is 0.546. The molecule has 2 amide bonds. The van der Waals surface area contributed by atoms with Crippen LogP contribution in [0.4, 0.5) is 17.2 Å². The predicted octanol–water partition coefficient (Wildman–Crippen LogP) is 3.50. The van der Waals surface area contributed by atoms with Crippen LogP contribution in [0.15, 0.2) is 66.9 Å². The molecule has 29 heavy (non-hydrogen) atoms. The van der Waals surface area contributed by atoms with E-state index in [9.17, 15) is 9.59 Å². The first-order valence-corrected chi connectivity index (χ1v) is 9.18. The minimum absolute atomic E-state index is 0.160. The second-order valence-corrected chi connectivity index (χ2v) is 6.28. The van der Waals surface area contributed by atoms with Crippen molar-refractivity contribution in [2.45, 2.75) is 13.3 Å². The lowest BCUT2D eigenvalue weighted by molar-refractivity contribution is -0.117. The molecule has 0 aliphatic carbocycles. The highest BCUT2D eigenvalue weighted by molar-refractivity contribution is 6.07. The van der Waals surface area contributed by atoms with Crippen molar-refractivity contribution in [1.29, 1.82) is 0 Å². The Labute approximate surface area is 168 Å². The van der Waals surface area contributed by atoms with E-state index in [4.69, 9.17) is 10.5 Å². The molecule has 1 aromatic heterocycles. The molecule has 0 unspecified atom stereocenters. The van der Waals surface area contributed by atoms with Gasteiger partial charge in [0.15, 0.2) is 0 Å². The third-order valence-corrected chi connectivity index (χ3v) is 4.07. The van der Waals surface area contributed by atoms with Crippen molar-refractivity contribution in [3.63, 3.8) is 0 Å². The highest BCUT2D eigenvalue weighted by atomic mass is 16.5. The van der Waals surface area contributed by atoms with Crippen LogP contribution in [0.1, 0.15) is 22.8 Å². The Morgan fingerprint density at radius 3 is 2.34 bits per heavy atom. The number of primary amides is 1. The molecule has 7 nitrogen and oxygen atoms in total. The van der Waals surface area contributed by atoms with Crippen LogP contribution in [0.5, 0.6) is 5.75 Å². The van der Waals surface area contributed by atoms with Crippen molar-refractivity contribution in [2.75, 3.05) is 17.2 Å². The van der Waals surface area contributed by atoms with Gasteiger partial charge in [-0.05, 0) is 61.0 Å². The van der Waals surface area contributed by atoms with Crippen molar-refractivity contribution in [3.05, 3.63) is 78.0 Å². The molecule has 3 rings (SSSR count). The summed E-state index contributed by atoms with van der Waals surface area (Å²) in [4.78, 5) is 28.0. The fourth-order valence-electron chi connectivity index (χ4n) is 2.73. The van der Waals surface area contributed by atoms with Crippen molar-refractivity contribution >= 4 is 29.0 Å². The van der Waals surface area contributed by atoms with Gasteiger partial charge in [-0.25, -0.2) is 4.98 Å². The van der Waals surface area contributed by atoms with E-state index in [1.54, 1.807) is 42.6 Å². The van der Waals surface area contributed by atoms with Gasteiger partial charge in [-0.15, -0.1) is 0 Å². The van der Waals surface area contributed by atoms with Crippen LogP contribution in [0.2, 0.25) is 0 Å². The first-order valence-electron chi connectivity index (χ1n) is 9.18. The Morgan fingerprint density at radius 1 is 1.00 bits per heavy atom. The standard InChI is InChI=1S/C22H22N4O3/c1-2-29-18-11-9-16(10-12-18)25-21-19(4-3-13-24-21)22(28)26-17-7-5-15(6-8-17)14-20(23)27/h3-13H,2,14H2,1H3,(H2,23,27)(H,24,25)(H,26,28). The number of aromatic nitrogens is 1. The Morgan fingerprint density at radius 2 is 1.69 bits per heavy atom.